The number of rotatable bonds is 7. The number of methoxy groups -OCH3 is 1. The molecule has 1 atom stereocenters. The van der Waals surface area contributed by atoms with Gasteiger partial charge in [0, 0.05) is 24.3 Å². The van der Waals surface area contributed by atoms with E-state index in [2.05, 4.69) is 30.2 Å². The number of aryl methyl sites for hydroxylation is 1. The summed E-state index contributed by atoms with van der Waals surface area (Å²) >= 11 is 0. The highest BCUT2D eigenvalue weighted by Gasteiger charge is 2.41. The minimum atomic E-state index is -1.04. The Morgan fingerprint density at radius 3 is 2.70 bits per heavy atom. The zero-order valence-corrected chi connectivity index (χ0v) is 24.9. The number of nitrogens with zero attached hydrogens (tertiary/aromatic N) is 7. The highest BCUT2D eigenvalue weighted by atomic mass is 19.2. The van der Waals surface area contributed by atoms with Crippen molar-refractivity contribution >= 4 is 29.0 Å². The molecule has 4 aromatic heterocycles. The molecule has 1 fully saturated rings. The van der Waals surface area contributed by atoms with Crippen molar-refractivity contribution in [3.8, 4) is 17.1 Å². The fraction of sp³-hybridized carbons (Fsp3) is 0.258. The number of hydrogen-bond acceptors (Lipinski definition) is 10. The number of benzene rings is 1. The number of pyridine rings is 2. The van der Waals surface area contributed by atoms with Crippen molar-refractivity contribution in [1.29, 1.82) is 0 Å². The molecule has 13 nitrogen and oxygen atoms in total. The number of halogens is 2. The smallest absolute Gasteiger partial charge is 0.411 e. The van der Waals surface area contributed by atoms with E-state index in [9.17, 15) is 18.4 Å². The van der Waals surface area contributed by atoms with E-state index >= 15 is 0 Å². The normalized spacial score (nSPS) is 16.3. The molecule has 0 radical (unpaired) electrons. The molecule has 0 saturated carbocycles. The molecule has 3 N–H and O–H groups in total. The molecule has 0 spiro atoms. The lowest BCUT2D eigenvalue weighted by Gasteiger charge is -2.44. The van der Waals surface area contributed by atoms with Crippen LogP contribution in [0.25, 0.3) is 22.4 Å². The van der Waals surface area contributed by atoms with E-state index in [1.165, 1.54) is 25.8 Å². The van der Waals surface area contributed by atoms with Crippen LogP contribution in [0.5, 0.6) is 5.88 Å². The Hall–Kier alpha value is -5.73. The van der Waals surface area contributed by atoms with Gasteiger partial charge in [-0.1, -0.05) is 6.07 Å². The maximum Gasteiger partial charge on any atom is 0.411 e. The summed E-state index contributed by atoms with van der Waals surface area (Å²) < 4.78 is 39.7. The fourth-order valence-corrected chi connectivity index (χ4v) is 5.74. The second kappa shape index (κ2) is 12.3. The van der Waals surface area contributed by atoms with Gasteiger partial charge in [-0.05, 0) is 61.7 Å². The van der Waals surface area contributed by atoms with E-state index in [0.717, 1.165) is 29.1 Å². The molecule has 5 aromatic rings. The number of nitrogens with two attached hydrogens (primary N) is 1. The molecular formula is C31H29F2N9O4. The Labute approximate surface area is 261 Å². The SMILES string of the molecule is COC(=O)NC1(c2cccc(C)n2)CCCN(c2cnc(-c3ccc(F)c(F)c3)cc2Cn2cnc3c(OC(N)=O)ncnc32)C1. The Kier molecular flexibility index (Phi) is 8.13. The average molecular weight is 630 g/mol. The van der Waals surface area contributed by atoms with Crippen LogP contribution in [0.1, 0.15) is 29.8 Å². The number of primary amides is 1. The lowest BCUT2D eigenvalue weighted by atomic mass is 9.84. The van der Waals surface area contributed by atoms with Gasteiger partial charge in [-0.2, -0.15) is 4.98 Å². The van der Waals surface area contributed by atoms with Crippen molar-refractivity contribution in [2.24, 2.45) is 5.73 Å². The molecule has 5 heterocycles. The van der Waals surface area contributed by atoms with E-state index in [0.29, 0.717) is 48.5 Å². The van der Waals surface area contributed by atoms with Crippen LogP contribution in [0.3, 0.4) is 0 Å². The van der Waals surface area contributed by atoms with Crippen LogP contribution in [0.2, 0.25) is 0 Å². The minimum absolute atomic E-state index is 0.0889. The van der Waals surface area contributed by atoms with E-state index in [1.807, 2.05) is 25.1 Å². The Morgan fingerprint density at radius 2 is 1.93 bits per heavy atom. The minimum Gasteiger partial charge on any atom is -0.453 e. The lowest BCUT2D eigenvalue weighted by molar-refractivity contribution is 0.148. The highest BCUT2D eigenvalue weighted by molar-refractivity contribution is 5.80. The van der Waals surface area contributed by atoms with Gasteiger partial charge < -0.3 is 30.0 Å². The summed E-state index contributed by atoms with van der Waals surface area (Å²) in [6.07, 6.45) is 4.08. The van der Waals surface area contributed by atoms with Crippen LogP contribution in [0.15, 0.2) is 61.3 Å². The number of nitrogens with one attached hydrogen (secondary N) is 1. The molecule has 0 aliphatic carbocycles. The van der Waals surface area contributed by atoms with E-state index < -0.39 is 29.4 Å². The van der Waals surface area contributed by atoms with Gasteiger partial charge in [0.2, 0.25) is 0 Å². The van der Waals surface area contributed by atoms with Crippen LogP contribution in [0.4, 0.5) is 24.1 Å². The van der Waals surface area contributed by atoms with Crippen LogP contribution in [-0.4, -0.2) is 61.9 Å². The number of piperidine rings is 1. The summed E-state index contributed by atoms with van der Waals surface area (Å²) in [5.41, 5.74) is 8.63. The maximum atomic E-state index is 14.2. The molecule has 1 aliphatic rings. The summed E-state index contributed by atoms with van der Waals surface area (Å²) in [7, 11) is 1.31. The van der Waals surface area contributed by atoms with Crippen LogP contribution in [-0.2, 0) is 16.8 Å². The molecule has 2 amide bonds. The molecule has 1 saturated heterocycles. The fourth-order valence-electron chi connectivity index (χ4n) is 5.74. The largest absolute Gasteiger partial charge is 0.453 e. The Bertz CT molecular complexity index is 1950. The molecule has 0 bridgehead atoms. The summed E-state index contributed by atoms with van der Waals surface area (Å²) in [4.78, 5) is 48.1. The quantitative estimate of drug-likeness (QED) is 0.266. The van der Waals surface area contributed by atoms with Crippen molar-refractivity contribution in [2.45, 2.75) is 31.8 Å². The summed E-state index contributed by atoms with van der Waals surface area (Å²) in [6.45, 7) is 3.04. The van der Waals surface area contributed by atoms with Gasteiger partial charge in [0.1, 0.15) is 11.9 Å². The first kappa shape index (κ1) is 30.3. The number of carbonyl (C=O) groups excluding carboxylic acids is 2. The first-order chi connectivity index (χ1) is 22.2. The second-order valence-electron chi connectivity index (χ2n) is 10.9. The number of alkyl carbamates (subject to hydrolysis) is 1. The van der Waals surface area contributed by atoms with Gasteiger partial charge in [-0.3, -0.25) is 9.97 Å². The van der Waals surface area contributed by atoms with Gasteiger partial charge in [-0.25, -0.2) is 28.3 Å². The predicted molar refractivity (Wildman–Crippen MR) is 162 cm³/mol. The zero-order chi connectivity index (χ0) is 32.4. The van der Waals surface area contributed by atoms with E-state index in [-0.39, 0.29) is 17.9 Å². The number of hydrogen-bond donors (Lipinski definition) is 2. The standard InChI is InChI=1S/C31H29F2N9O4/c1-18-5-3-6-25(39-18)31(40-30(44)45-2)9-4-10-41(15-31)24-13-35-23(19-7-8-21(32)22(33)11-19)12-20(24)14-42-17-38-26-27(42)36-16-37-28(26)46-29(34)43/h3,5-8,11-13,16-17H,4,9-10,14-15H2,1-2H3,(H2,34,43)(H,40,44). The summed E-state index contributed by atoms with van der Waals surface area (Å²) in [5.74, 6) is -2.05. The molecule has 6 rings (SSSR count). The van der Waals surface area contributed by atoms with Crippen molar-refractivity contribution < 1.29 is 27.8 Å². The molecule has 1 unspecified atom stereocenters. The van der Waals surface area contributed by atoms with Crippen molar-refractivity contribution in [3.05, 3.63) is 89.9 Å². The highest BCUT2D eigenvalue weighted by Crippen LogP contribution is 2.36. The van der Waals surface area contributed by atoms with Crippen molar-refractivity contribution in [1.82, 2.24) is 34.8 Å². The van der Waals surface area contributed by atoms with Crippen LogP contribution < -0.4 is 20.7 Å². The van der Waals surface area contributed by atoms with Crippen molar-refractivity contribution in [2.75, 3.05) is 25.1 Å². The third kappa shape index (κ3) is 5.98. The number of anilines is 1. The monoisotopic (exact) mass is 629 g/mol. The molecule has 1 aromatic carbocycles. The average Bonchev–Trinajstić information content (AvgIpc) is 3.45. The Balaban J connectivity index is 1.44. The van der Waals surface area contributed by atoms with Crippen LogP contribution in [0, 0.1) is 18.6 Å². The van der Waals surface area contributed by atoms with E-state index in [1.54, 1.807) is 16.8 Å². The van der Waals surface area contributed by atoms with Crippen LogP contribution >= 0.6 is 0 Å². The molecular weight excluding hydrogens is 600 g/mol. The number of fused-ring (bicyclic) bond motifs is 1. The third-order valence-corrected chi connectivity index (χ3v) is 7.83. The maximum absolute atomic E-state index is 14.2. The van der Waals surface area contributed by atoms with Crippen molar-refractivity contribution in [3.63, 3.8) is 0 Å². The second-order valence-corrected chi connectivity index (χ2v) is 10.9. The molecule has 15 heteroatoms. The molecule has 1 aliphatic heterocycles. The topological polar surface area (TPSA) is 163 Å². The number of imidazole rings is 1. The Morgan fingerprint density at radius 1 is 1.09 bits per heavy atom. The van der Waals surface area contributed by atoms with E-state index in [4.69, 9.17) is 20.2 Å². The third-order valence-electron chi connectivity index (χ3n) is 7.83. The number of aromatic nitrogens is 6. The molecule has 236 valence electrons. The number of carbonyl (C=O) groups is 2. The van der Waals surface area contributed by atoms with Gasteiger partial charge in [0.05, 0.1) is 43.3 Å². The van der Waals surface area contributed by atoms with Gasteiger partial charge >= 0.3 is 12.2 Å². The van der Waals surface area contributed by atoms with Gasteiger partial charge in [-0.15, -0.1) is 0 Å². The summed E-state index contributed by atoms with van der Waals surface area (Å²) in [5, 5.41) is 3.04. The predicted octanol–water partition coefficient (Wildman–Crippen LogP) is 4.23. The number of ether oxygens (including phenoxy) is 2. The number of amides is 2. The first-order valence-electron chi connectivity index (χ1n) is 14.3. The van der Waals surface area contributed by atoms with Gasteiger partial charge in [0.15, 0.2) is 22.8 Å². The lowest BCUT2D eigenvalue weighted by Crippen LogP contribution is -2.57. The zero-order valence-electron chi connectivity index (χ0n) is 24.9. The first-order valence-corrected chi connectivity index (χ1v) is 14.3. The van der Waals surface area contributed by atoms with Gasteiger partial charge in [0.25, 0.3) is 5.88 Å². The molecule has 46 heavy (non-hydrogen) atoms. The summed E-state index contributed by atoms with van der Waals surface area (Å²) in [6, 6.07) is 11.0.